The first-order valence-corrected chi connectivity index (χ1v) is 9.47. The molecule has 0 atom stereocenters. The van der Waals surface area contributed by atoms with Gasteiger partial charge in [-0.15, -0.1) is 0 Å². The highest BCUT2D eigenvalue weighted by Gasteiger charge is 2.30. The quantitative estimate of drug-likeness (QED) is 0.412. The second kappa shape index (κ2) is 7.76. The Morgan fingerprint density at radius 1 is 1.30 bits per heavy atom. The topological polar surface area (TPSA) is 147 Å². The van der Waals surface area contributed by atoms with Crippen LogP contribution in [0, 0.1) is 17.0 Å². The van der Waals surface area contributed by atoms with Crippen LogP contribution in [0.15, 0.2) is 22.1 Å². The zero-order valence-electron chi connectivity index (χ0n) is 14.9. The van der Waals surface area contributed by atoms with Gasteiger partial charge in [0.25, 0.3) is 0 Å². The molecule has 1 heterocycles. The van der Waals surface area contributed by atoms with Crippen LogP contribution in [-0.2, 0) is 10.0 Å². The van der Waals surface area contributed by atoms with Gasteiger partial charge in [0.05, 0.1) is 10.6 Å². The number of hydrogen-bond acceptors (Lipinski definition) is 8. The zero-order chi connectivity index (χ0) is 20.4. The highest BCUT2D eigenvalue weighted by Crippen LogP contribution is 2.45. The van der Waals surface area contributed by atoms with Crippen molar-refractivity contribution in [3.05, 3.63) is 38.9 Å². The molecule has 0 aliphatic heterocycles. The maximum absolute atomic E-state index is 12.3. The van der Waals surface area contributed by atoms with Gasteiger partial charge < -0.3 is 14.7 Å². The minimum absolute atomic E-state index is 0.0242. The van der Waals surface area contributed by atoms with Crippen molar-refractivity contribution in [1.82, 2.24) is 9.46 Å². The van der Waals surface area contributed by atoms with E-state index in [1.807, 2.05) is 0 Å². The van der Waals surface area contributed by atoms with Gasteiger partial charge in [0, 0.05) is 24.6 Å². The average Bonchev–Trinajstić information content (AvgIpc) is 3.02. The normalized spacial score (nSPS) is 12.1. The summed E-state index contributed by atoms with van der Waals surface area (Å²) >= 11 is 0. The summed E-state index contributed by atoms with van der Waals surface area (Å²) in [5, 5.41) is 35.8. The Labute approximate surface area is 155 Å². The van der Waals surface area contributed by atoms with E-state index in [0.717, 1.165) is 17.6 Å². The molecule has 0 bridgehead atoms. The molecule has 0 unspecified atom stereocenters. The molecule has 0 saturated carbocycles. The zero-order valence-corrected chi connectivity index (χ0v) is 15.7. The molecule has 0 amide bonds. The van der Waals surface area contributed by atoms with Crippen LogP contribution in [0.25, 0.3) is 17.4 Å². The number of nitro groups is 1. The second-order valence-electron chi connectivity index (χ2n) is 5.58. The number of aromatic nitrogens is 1. The lowest BCUT2D eigenvalue weighted by Crippen LogP contribution is -2.28. The number of sulfonamides is 1. The molecule has 1 aromatic heterocycles. The van der Waals surface area contributed by atoms with Crippen LogP contribution in [0.2, 0.25) is 0 Å². The third-order valence-electron chi connectivity index (χ3n) is 3.83. The Bertz CT molecular complexity index is 992. The fourth-order valence-corrected chi connectivity index (χ4v) is 3.75. The fourth-order valence-electron chi connectivity index (χ4n) is 2.54. The SMILES string of the molecule is CCN(CC)S(=O)(=O)/C=C/c1cc(O)c(O)c([N+](=O)[O-])c1-c1cc(C)no1. The molecule has 0 aliphatic rings. The average molecular weight is 397 g/mol. The highest BCUT2D eigenvalue weighted by molar-refractivity contribution is 7.92. The van der Waals surface area contributed by atoms with Crippen LogP contribution >= 0.6 is 0 Å². The highest BCUT2D eigenvalue weighted by atomic mass is 32.2. The number of phenolic OH excluding ortho intramolecular Hbond substituents is 2. The van der Waals surface area contributed by atoms with Crippen molar-refractivity contribution in [3.63, 3.8) is 0 Å². The van der Waals surface area contributed by atoms with Gasteiger partial charge in [-0.3, -0.25) is 10.1 Å². The van der Waals surface area contributed by atoms with Crippen molar-refractivity contribution in [2.75, 3.05) is 13.1 Å². The van der Waals surface area contributed by atoms with Gasteiger partial charge in [-0.2, -0.15) is 4.31 Å². The molecule has 0 spiro atoms. The lowest BCUT2D eigenvalue weighted by atomic mass is 10.0. The summed E-state index contributed by atoms with van der Waals surface area (Å²) in [6.07, 6.45) is 1.10. The van der Waals surface area contributed by atoms with E-state index in [-0.39, 0.29) is 30.0 Å². The molecule has 0 radical (unpaired) electrons. The Kier molecular flexibility index (Phi) is 5.86. The second-order valence-corrected chi connectivity index (χ2v) is 7.40. The molecule has 146 valence electrons. The minimum Gasteiger partial charge on any atom is -0.504 e. The number of aromatic hydroxyl groups is 2. The summed E-state index contributed by atoms with van der Waals surface area (Å²) in [5.74, 6) is -1.76. The summed E-state index contributed by atoms with van der Waals surface area (Å²) in [4.78, 5) is 10.6. The van der Waals surface area contributed by atoms with Gasteiger partial charge in [0.1, 0.15) is 5.56 Å². The van der Waals surface area contributed by atoms with Crippen molar-refractivity contribution in [2.24, 2.45) is 0 Å². The monoisotopic (exact) mass is 397 g/mol. The van der Waals surface area contributed by atoms with Crippen molar-refractivity contribution in [1.29, 1.82) is 0 Å². The molecule has 2 rings (SSSR count). The molecule has 1 aromatic carbocycles. The molecule has 11 heteroatoms. The predicted octanol–water partition coefficient (Wildman–Crippen LogP) is 2.61. The molecule has 2 aromatic rings. The fraction of sp³-hybridized carbons (Fsp3) is 0.312. The first-order valence-electron chi connectivity index (χ1n) is 7.97. The van der Waals surface area contributed by atoms with E-state index in [1.165, 1.54) is 10.4 Å². The van der Waals surface area contributed by atoms with E-state index in [2.05, 4.69) is 5.16 Å². The van der Waals surface area contributed by atoms with Gasteiger partial charge in [0.15, 0.2) is 11.5 Å². The van der Waals surface area contributed by atoms with Crippen molar-refractivity contribution in [2.45, 2.75) is 20.8 Å². The maximum atomic E-state index is 12.3. The number of phenols is 2. The predicted molar refractivity (Wildman–Crippen MR) is 97.5 cm³/mol. The van der Waals surface area contributed by atoms with Gasteiger partial charge >= 0.3 is 5.69 Å². The van der Waals surface area contributed by atoms with E-state index < -0.39 is 32.1 Å². The Morgan fingerprint density at radius 3 is 2.41 bits per heavy atom. The Hall–Kier alpha value is -2.92. The van der Waals surface area contributed by atoms with Gasteiger partial charge in [0.2, 0.25) is 15.8 Å². The van der Waals surface area contributed by atoms with Crippen LogP contribution < -0.4 is 0 Å². The first-order chi connectivity index (χ1) is 12.6. The van der Waals surface area contributed by atoms with E-state index in [4.69, 9.17) is 4.52 Å². The van der Waals surface area contributed by atoms with E-state index in [1.54, 1.807) is 20.8 Å². The number of aryl methyl sites for hydroxylation is 1. The van der Waals surface area contributed by atoms with Crippen molar-refractivity contribution >= 4 is 21.8 Å². The summed E-state index contributed by atoms with van der Waals surface area (Å²) in [7, 11) is -3.78. The molecule has 0 aliphatic carbocycles. The van der Waals surface area contributed by atoms with Crippen molar-refractivity contribution in [3.8, 4) is 22.8 Å². The van der Waals surface area contributed by atoms with Crippen molar-refractivity contribution < 1.29 is 28.1 Å². The lowest BCUT2D eigenvalue weighted by Gasteiger charge is -2.15. The van der Waals surface area contributed by atoms with Crippen LogP contribution in [-0.4, -0.2) is 46.1 Å². The molecule has 0 fully saturated rings. The lowest BCUT2D eigenvalue weighted by molar-refractivity contribution is -0.385. The van der Waals surface area contributed by atoms with Gasteiger partial charge in [-0.05, 0) is 24.6 Å². The summed E-state index contributed by atoms with van der Waals surface area (Å²) in [6, 6.07) is 2.42. The van der Waals surface area contributed by atoms with Crippen LogP contribution in [0.3, 0.4) is 0 Å². The molecule has 2 N–H and O–H groups in total. The van der Waals surface area contributed by atoms with Crippen LogP contribution in [0.5, 0.6) is 11.5 Å². The maximum Gasteiger partial charge on any atom is 0.326 e. The number of rotatable bonds is 7. The largest absolute Gasteiger partial charge is 0.504 e. The van der Waals surface area contributed by atoms with E-state index >= 15 is 0 Å². The van der Waals surface area contributed by atoms with Crippen LogP contribution in [0.4, 0.5) is 5.69 Å². The minimum atomic E-state index is -3.78. The third-order valence-corrected chi connectivity index (χ3v) is 5.54. The molecule has 0 saturated heterocycles. The van der Waals surface area contributed by atoms with Gasteiger partial charge in [-0.25, -0.2) is 8.42 Å². The molecular weight excluding hydrogens is 378 g/mol. The molecular formula is C16H19N3O7S. The van der Waals surface area contributed by atoms with Gasteiger partial charge in [-0.1, -0.05) is 19.0 Å². The number of nitro benzene ring substituents is 1. The smallest absolute Gasteiger partial charge is 0.326 e. The standard InChI is InChI=1S/C16H19N3O7S/c1-4-18(5-2)27(24,25)7-6-11-9-12(20)16(21)15(19(22)23)14(11)13-8-10(3)17-26-13/h6-9,20-21H,4-5H2,1-3H3/b7-6+. The van der Waals surface area contributed by atoms with E-state index in [0.29, 0.717) is 5.69 Å². The summed E-state index contributed by atoms with van der Waals surface area (Å²) < 4.78 is 30.9. The molecule has 27 heavy (non-hydrogen) atoms. The molecule has 10 nitrogen and oxygen atoms in total. The Balaban J connectivity index is 2.73. The van der Waals surface area contributed by atoms with E-state index in [9.17, 15) is 28.7 Å². The third kappa shape index (κ3) is 4.09. The summed E-state index contributed by atoms with van der Waals surface area (Å²) in [6.45, 7) is 5.44. The number of nitrogens with zero attached hydrogens (tertiary/aromatic N) is 3. The van der Waals surface area contributed by atoms with Crippen LogP contribution in [0.1, 0.15) is 25.1 Å². The Morgan fingerprint density at radius 2 is 1.93 bits per heavy atom. The number of hydrogen-bond donors (Lipinski definition) is 2. The first kappa shape index (κ1) is 20.4. The number of benzene rings is 1. The summed E-state index contributed by atoms with van der Waals surface area (Å²) in [5.41, 5.74) is -0.602.